The Balaban J connectivity index is 1.26. The molecule has 3 heterocycles. The number of nitrogens with zero attached hydrogens (tertiary/aromatic N) is 5. The molecule has 1 aromatic heterocycles. The number of hydrogen-bond donors (Lipinski definition) is 0. The number of likely N-dealkylation sites (tertiary alicyclic amines) is 2. The van der Waals surface area contributed by atoms with E-state index in [4.69, 9.17) is 4.74 Å². The summed E-state index contributed by atoms with van der Waals surface area (Å²) < 4.78 is 7.24. The van der Waals surface area contributed by atoms with Gasteiger partial charge >= 0.3 is 0 Å². The zero-order chi connectivity index (χ0) is 19.5. The van der Waals surface area contributed by atoms with Gasteiger partial charge in [0.2, 0.25) is 11.8 Å². The van der Waals surface area contributed by atoms with Crippen molar-refractivity contribution in [3.05, 3.63) is 41.7 Å². The summed E-state index contributed by atoms with van der Waals surface area (Å²) in [5, 5.41) is 8.37. The Hall–Kier alpha value is -2.90. The van der Waals surface area contributed by atoms with E-state index in [9.17, 15) is 9.59 Å². The monoisotopic (exact) mass is 383 g/mol. The summed E-state index contributed by atoms with van der Waals surface area (Å²) in [5.74, 6) is 1.12. The third kappa shape index (κ3) is 4.00. The van der Waals surface area contributed by atoms with E-state index < -0.39 is 0 Å². The highest BCUT2D eigenvalue weighted by atomic mass is 16.5. The van der Waals surface area contributed by atoms with E-state index >= 15 is 0 Å². The van der Waals surface area contributed by atoms with Gasteiger partial charge in [-0.25, -0.2) is 4.68 Å². The van der Waals surface area contributed by atoms with Gasteiger partial charge in [0.15, 0.2) is 0 Å². The van der Waals surface area contributed by atoms with Gasteiger partial charge in [0, 0.05) is 26.1 Å². The highest BCUT2D eigenvalue weighted by molar-refractivity contribution is 5.79. The first-order valence-electron chi connectivity index (χ1n) is 9.80. The molecule has 0 spiro atoms. The molecule has 2 aliphatic heterocycles. The average Bonchev–Trinajstić information content (AvgIpc) is 3.26. The van der Waals surface area contributed by atoms with Crippen molar-refractivity contribution in [1.82, 2.24) is 24.8 Å². The van der Waals surface area contributed by atoms with Crippen molar-refractivity contribution in [1.29, 1.82) is 0 Å². The molecule has 2 amide bonds. The molecule has 0 aliphatic carbocycles. The third-order valence-electron chi connectivity index (χ3n) is 5.26. The second-order valence-corrected chi connectivity index (χ2v) is 7.32. The van der Waals surface area contributed by atoms with Gasteiger partial charge in [0.25, 0.3) is 0 Å². The minimum atomic E-state index is 0.114. The minimum absolute atomic E-state index is 0.114. The molecule has 0 atom stereocenters. The summed E-state index contributed by atoms with van der Waals surface area (Å²) in [7, 11) is 0. The van der Waals surface area contributed by atoms with Crippen molar-refractivity contribution >= 4 is 11.8 Å². The van der Waals surface area contributed by atoms with E-state index in [1.807, 2.05) is 51.9 Å². The molecule has 2 fully saturated rings. The van der Waals surface area contributed by atoms with Crippen LogP contribution in [0.15, 0.2) is 30.5 Å². The number of aromatic nitrogens is 3. The lowest BCUT2D eigenvalue weighted by atomic mass is 10.1. The van der Waals surface area contributed by atoms with Crippen molar-refractivity contribution in [2.24, 2.45) is 0 Å². The molecule has 8 nitrogen and oxygen atoms in total. The smallest absolute Gasteiger partial charge is 0.227 e. The molecular formula is C20H25N5O3. The molecule has 4 rings (SSSR count). The first-order valence-corrected chi connectivity index (χ1v) is 9.80. The summed E-state index contributed by atoms with van der Waals surface area (Å²) in [4.78, 5) is 27.8. The van der Waals surface area contributed by atoms with Crippen LogP contribution in [0.3, 0.4) is 0 Å². The molecular weight excluding hydrogens is 358 g/mol. The Kier molecular flexibility index (Phi) is 5.27. The number of rotatable bonds is 7. The predicted molar refractivity (Wildman–Crippen MR) is 102 cm³/mol. The van der Waals surface area contributed by atoms with Crippen LogP contribution >= 0.6 is 0 Å². The quantitative estimate of drug-likeness (QED) is 0.722. The standard InChI is InChI=1S/C20H25N5O3/c1-2-28-18-7-5-15(6-8-18)10-20(27)24-13-17(14-24)25-12-16(21-22-25)11-23-9-3-4-19(23)26/h5-8,12,17H,2-4,9-11,13-14H2,1H3. The molecule has 0 radical (unpaired) electrons. The van der Waals surface area contributed by atoms with E-state index in [-0.39, 0.29) is 17.9 Å². The fourth-order valence-corrected chi connectivity index (χ4v) is 3.61. The van der Waals surface area contributed by atoms with Crippen LogP contribution in [-0.4, -0.2) is 62.8 Å². The van der Waals surface area contributed by atoms with Gasteiger partial charge < -0.3 is 14.5 Å². The van der Waals surface area contributed by atoms with Gasteiger partial charge in [-0.2, -0.15) is 0 Å². The number of benzene rings is 1. The Morgan fingerprint density at radius 3 is 2.71 bits per heavy atom. The zero-order valence-corrected chi connectivity index (χ0v) is 16.1. The first-order chi connectivity index (χ1) is 13.6. The van der Waals surface area contributed by atoms with Crippen LogP contribution in [0, 0.1) is 0 Å². The zero-order valence-electron chi connectivity index (χ0n) is 16.1. The van der Waals surface area contributed by atoms with Gasteiger partial charge in [-0.1, -0.05) is 17.3 Å². The SMILES string of the molecule is CCOc1ccc(CC(=O)N2CC(n3cc(CN4CCCC4=O)nn3)C2)cc1. The van der Waals surface area contributed by atoms with Crippen molar-refractivity contribution in [2.75, 3.05) is 26.2 Å². The molecule has 2 aliphatic rings. The van der Waals surface area contributed by atoms with E-state index in [0.29, 0.717) is 39.1 Å². The fourth-order valence-electron chi connectivity index (χ4n) is 3.61. The number of amides is 2. The highest BCUT2D eigenvalue weighted by Crippen LogP contribution is 2.22. The lowest BCUT2D eigenvalue weighted by Crippen LogP contribution is -2.51. The van der Waals surface area contributed by atoms with Crippen molar-refractivity contribution < 1.29 is 14.3 Å². The summed E-state index contributed by atoms with van der Waals surface area (Å²) in [6.45, 7) is 5.17. The summed E-state index contributed by atoms with van der Waals surface area (Å²) in [6.07, 6.45) is 3.83. The summed E-state index contributed by atoms with van der Waals surface area (Å²) in [6, 6.07) is 7.81. The summed E-state index contributed by atoms with van der Waals surface area (Å²) in [5.41, 5.74) is 1.78. The van der Waals surface area contributed by atoms with Crippen LogP contribution in [0.4, 0.5) is 0 Å². The second-order valence-electron chi connectivity index (χ2n) is 7.32. The van der Waals surface area contributed by atoms with E-state index in [1.165, 1.54) is 0 Å². The molecule has 148 valence electrons. The van der Waals surface area contributed by atoms with Crippen molar-refractivity contribution in [3.63, 3.8) is 0 Å². The molecule has 2 saturated heterocycles. The van der Waals surface area contributed by atoms with Gasteiger partial charge in [-0.05, 0) is 31.0 Å². The maximum atomic E-state index is 12.5. The van der Waals surface area contributed by atoms with Crippen LogP contribution in [0.1, 0.15) is 37.1 Å². The lowest BCUT2D eigenvalue weighted by Gasteiger charge is -2.39. The topological polar surface area (TPSA) is 80.6 Å². The molecule has 28 heavy (non-hydrogen) atoms. The van der Waals surface area contributed by atoms with Crippen LogP contribution in [0.25, 0.3) is 0 Å². The van der Waals surface area contributed by atoms with Gasteiger partial charge in [-0.15, -0.1) is 5.10 Å². The number of carbonyl (C=O) groups is 2. The van der Waals surface area contributed by atoms with E-state index in [0.717, 1.165) is 30.0 Å². The Morgan fingerprint density at radius 2 is 2.04 bits per heavy atom. The number of ether oxygens (including phenoxy) is 1. The fraction of sp³-hybridized carbons (Fsp3) is 0.500. The molecule has 2 aromatic rings. The van der Waals surface area contributed by atoms with Crippen molar-refractivity contribution in [2.45, 2.75) is 38.8 Å². The van der Waals surface area contributed by atoms with E-state index in [2.05, 4.69) is 10.3 Å². The van der Waals surface area contributed by atoms with E-state index in [1.54, 1.807) is 0 Å². The first kappa shape index (κ1) is 18.5. The minimum Gasteiger partial charge on any atom is -0.494 e. The lowest BCUT2D eigenvalue weighted by molar-refractivity contribution is -0.136. The molecule has 0 bridgehead atoms. The largest absolute Gasteiger partial charge is 0.494 e. The van der Waals surface area contributed by atoms with Gasteiger partial charge in [-0.3, -0.25) is 9.59 Å². The summed E-state index contributed by atoms with van der Waals surface area (Å²) >= 11 is 0. The third-order valence-corrected chi connectivity index (χ3v) is 5.26. The highest BCUT2D eigenvalue weighted by Gasteiger charge is 2.33. The Morgan fingerprint density at radius 1 is 1.25 bits per heavy atom. The molecule has 1 aromatic carbocycles. The van der Waals surface area contributed by atoms with Gasteiger partial charge in [0.1, 0.15) is 11.4 Å². The normalized spacial score (nSPS) is 17.1. The second kappa shape index (κ2) is 8.00. The maximum Gasteiger partial charge on any atom is 0.227 e. The molecule has 0 unspecified atom stereocenters. The Labute approximate surface area is 164 Å². The number of carbonyl (C=O) groups excluding carboxylic acids is 2. The van der Waals surface area contributed by atoms with Crippen molar-refractivity contribution in [3.8, 4) is 5.75 Å². The Bertz CT molecular complexity index is 842. The molecule has 0 saturated carbocycles. The molecule has 0 N–H and O–H groups in total. The molecule has 8 heteroatoms. The van der Waals surface area contributed by atoms with Crippen LogP contribution in [0.5, 0.6) is 5.75 Å². The van der Waals surface area contributed by atoms with Crippen LogP contribution in [-0.2, 0) is 22.6 Å². The predicted octanol–water partition coefficient (Wildman–Crippen LogP) is 1.43. The van der Waals surface area contributed by atoms with Crippen LogP contribution < -0.4 is 4.74 Å². The van der Waals surface area contributed by atoms with Crippen LogP contribution in [0.2, 0.25) is 0 Å². The average molecular weight is 383 g/mol. The number of hydrogen-bond acceptors (Lipinski definition) is 5. The van der Waals surface area contributed by atoms with Gasteiger partial charge in [0.05, 0.1) is 31.8 Å². The maximum absolute atomic E-state index is 12.5.